The average molecular weight is 1080 g/mol. The fraction of sp³-hybridized carbons (Fsp3) is 0.588. The highest BCUT2D eigenvalue weighted by molar-refractivity contribution is 7.89. The Kier molecular flexibility index (Phi) is 20.9. The van der Waals surface area contributed by atoms with E-state index in [1.807, 2.05) is 41.5 Å². The number of fused-ring (bicyclic) bond motifs is 4. The van der Waals surface area contributed by atoms with E-state index in [1.165, 1.54) is 6.07 Å². The van der Waals surface area contributed by atoms with Crippen molar-refractivity contribution < 1.29 is 83.8 Å². The topological polar surface area (TPSA) is 283 Å². The molecule has 3 heterocycles. The van der Waals surface area contributed by atoms with E-state index in [0.717, 1.165) is 0 Å². The van der Waals surface area contributed by atoms with Gasteiger partial charge in [-0.15, -0.1) is 0 Å². The van der Waals surface area contributed by atoms with Crippen LogP contribution in [0.15, 0.2) is 51.2 Å². The van der Waals surface area contributed by atoms with Crippen LogP contribution in [0.25, 0.3) is 5.57 Å². The second-order valence-corrected chi connectivity index (χ2v) is 22.5. The molecule has 74 heavy (non-hydrogen) atoms. The zero-order valence-electron chi connectivity index (χ0n) is 43.0. The molecule has 0 radical (unpaired) electrons. The minimum absolute atomic E-state index is 0.0368. The first-order valence-electron chi connectivity index (χ1n) is 24.7. The first-order chi connectivity index (χ1) is 35.1. The van der Waals surface area contributed by atoms with Gasteiger partial charge in [0.25, 0.3) is 10.1 Å². The minimum atomic E-state index is -5.10. The van der Waals surface area contributed by atoms with Crippen LogP contribution in [0.4, 0.5) is 5.69 Å². The molecule has 0 aliphatic carbocycles. The van der Waals surface area contributed by atoms with E-state index >= 15 is 0 Å². The number of aliphatic carboxylic acids is 1. The molecule has 0 aromatic heterocycles. The van der Waals surface area contributed by atoms with Crippen molar-refractivity contribution >= 4 is 43.3 Å². The average Bonchev–Trinajstić information content (AvgIpc) is 3.30. The molecule has 0 saturated carbocycles. The summed E-state index contributed by atoms with van der Waals surface area (Å²) in [4.78, 5) is 27.3. The molecule has 2 unspecified atom stereocenters. The Morgan fingerprint density at radius 1 is 0.676 bits per heavy atom. The summed E-state index contributed by atoms with van der Waals surface area (Å²) in [6.45, 7) is 16.2. The summed E-state index contributed by atoms with van der Waals surface area (Å²) in [5.74, 6) is -3.23. The molecule has 0 fully saturated rings. The summed E-state index contributed by atoms with van der Waals surface area (Å²) >= 11 is 0. The Hall–Kier alpha value is -4.63. The predicted molar refractivity (Wildman–Crippen MR) is 270 cm³/mol. The number of benzene rings is 3. The highest BCUT2D eigenvalue weighted by Crippen LogP contribution is 2.52. The van der Waals surface area contributed by atoms with E-state index in [9.17, 15) is 36.1 Å². The molecule has 0 bridgehead atoms. The quantitative estimate of drug-likeness (QED) is 0.0333. The van der Waals surface area contributed by atoms with Crippen molar-refractivity contribution in [1.29, 1.82) is 0 Å². The lowest BCUT2D eigenvalue weighted by atomic mass is 9.79. The number of hydrogen-bond donors (Lipinski definition) is 5. The molecule has 5 N–H and O–H groups in total. The molecule has 410 valence electrons. The summed E-state index contributed by atoms with van der Waals surface area (Å²) < 4.78 is 121. The van der Waals surface area contributed by atoms with E-state index in [0.29, 0.717) is 103 Å². The van der Waals surface area contributed by atoms with E-state index < -0.39 is 48.1 Å². The normalized spacial score (nSPS) is 17.5. The summed E-state index contributed by atoms with van der Waals surface area (Å²) in [7, 11) is -9.66. The van der Waals surface area contributed by atoms with Crippen LogP contribution in [0.1, 0.15) is 105 Å². The van der Waals surface area contributed by atoms with Gasteiger partial charge in [-0.2, -0.15) is 8.42 Å². The van der Waals surface area contributed by atoms with Crippen LogP contribution in [-0.2, 0) is 62.8 Å². The van der Waals surface area contributed by atoms with Crippen LogP contribution in [0.3, 0.4) is 0 Å². The summed E-state index contributed by atoms with van der Waals surface area (Å²) in [6, 6.07) is 9.71. The molecule has 3 aliphatic rings. The van der Waals surface area contributed by atoms with Gasteiger partial charge >= 0.3 is 11.9 Å². The van der Waals surface area contributed by atoms with Crippen molar-refractivity contribution in [1.82, 2.24) is 4.72 Å². The zero-order chi connectivity index (χ0) is 53.7. The largest absolute Gasteiger partial charge is 0.481 e. The van der Waals surface area contributed by atoms with Crippen molar-refractivity contribution in [3.05, 3.63) is 74.8 Å². The Labute approximate surface area is 432 Å². The number of hydrogen-bond acceptors (Lipinski definition) is 17. The van der Waals surface area contributed by atoms with Crippen molar-refractivity contribution in [2.45, 2.75) is 93.5 Å². The van der Waals surface area contributed by atoms with Crippen LogP contribution < -0.4 is 25.4 Å². The van der Waals surface area contributed by atoms with E-state index in [-0.39, 0.29) is 106 Å². The Morgan fingerprint density at radius 2 is 1.18 bits per heavy atom. The highest BCUT2D eigenvalue weighted by atomic mass is 32.2. The molecular weight excluding hydrogens is 1010 g/mol. The lowest BCUT2D eigenvalue weighted by molar-refractivity contribution is -0.138. The molecule has 0 spiro atoms. The smallest absolute Gasteiger partial charge is 0.336 e. The van der Waals surface area contributed by atoms with Crippen LogP contribution in [0, 0.1) is 0 Å². The van der Waals surface area contributed by atoms with Crippen LogP contribution in [0.2, 0.25) is 0 Å². The molecule has 23 heteroatoms. The van der Waals surface area contributed by atoms with Gasteiger partial charge in [0.1, 0.15) is 0 Å². The van der Waals surface area contributed by atoms with Gasteiger partial charge in [-0.1, -0.05) is 32.0 Å². The molecule has 3 aromatic rings. The minimum Gasteiger partial charge on any atom is -0.481 e. The SMILES string of the molecule is CC1CC(C)(C)Nc2c1cc1c(c2S(=O)(=O)O)Oc2c(S(=O)(=O)NCCOCCOCCOCCOCCOCCOCCOCCOCCC(=O)O)c3c(cc2=C1c1ccccc1C(=O)O)C(C)CC(C)(C)N=3. The molecule has 3 aromatic carbocycles. The van der Waals surface area contributed by atoms with Crippen molar-refractivity contribution in [3.8, 4) is 11.5 Å². The number of carboxylic acids is 2. The van der Waals surface area contributed by atoms with Crippen molar-refractivity contribution in [2.75, 3.05) is 118 Å². The Balaban J connectivity index is 1.05. The number of anilines is 1. The van der Waals surface area contributed by atoms with Gasteiger partial charge in [0, 0.05) is 28.4 Å². The second kappa shape index (κ2) is 26.4. The fourth-order valence-corrected chi connectivity index (χ4v) is 11.5. The first-order valence-corrected chi connectivity index (χ1v) is 27.7. The monoisotopic (exact) mass is 1080 g/mol. The first kappa shape index (κ1) is 58.6. The molecular formula is C51H71N3O18S2. The van der Waals surface area contributed by atoms with Gasteiger partial charge in [0.2, 0.25) is 10.0 Å². The van der Waals surface area contributed by atoms with E-state index in [4.69, 9.17) is 52.7 Å². The maximum atomic E-state index is 14.9. The fourth-order valence-electron chi connectivity index (χ4n) is 9.41. The van der Waals surface area contributed by atoms with Gasteiger partial charge in [-0.05, 0) is 87.3 Å². The number of carboxylic acid groups (broad SMARTS) is 2. The van der Waals surface area contributed by atoms with E-state index in [2.05, 4.69) is 10.0 Å². The summed E-state index contributed by atoms with van der Waals surface area (Å²) in [6.07, 6.45) is 1.12. The van der Waals surface area contributed by atoms with Crippen molar-refractivity contribution in [3.63, 3.8) is 0 Å². The molecule has 2 atom stereocenters. The summed E-state index contributed by atoms with van der Waals surface area (Å²) in [5.41, 5.74) is 0.376. The van der Waals surface area contributed by atoms with Gasteiger partial charge in [0.15, 0.2) is 21.3 Å². The lowest BCUT2D eigenvalue weighted by Gasteiger charge is -2.39. The number of nitrogens with one attached hydrogen (secondary N) is 2. The van der Waals surface area contributed by atoms with Crippen LogP contribution in [-0.4, -0.2) is 167 Å². The molecule has 0 saturated heterocycles. The lowest BCUT2D eigenvalue weighted by Crippen LogP contribution is -2.41. The van der Waals surface area contributed by atoms with Gasteiger partial charge in [-0.3, -0.25) is 14.3 Å². The Morgan fingerprint density at radius 3 is 1.69 bits per heavy atom. The van der Waals surface area contributed by atoms with Gasteiger partial charge < -0.3 is 58.2 Å². The zero-order valence-corrected chi connectivity index (χ0v) is 44.6. The number of sulfonamides is 1. The highest BCUT2D eigenvalue weighted by Gasteiger charge is 2.42. The van der Waals surface area contributed by atoms with Crippen molar-refractivity contribution in [2.24, 2.45) is 4.99 Å². The summed E-state index contributed by atoms with van der Waals surface area (Å²) in [5, 5.41) is 22.7. The number of aromatic carboxylic acids is 1. The third kappa shape index (κ3) is 15.7. The second-order valence-electron chi connectivity index (χ2n) is 19.5. The molecule has 3 aliphatic heterocycles. The van der Waals surface area contributed by atoms with Gasteiger partial charge in [-0.25, -0.2) is 17.9 Å². The predicted octanol–water partition coefficient (Wildman–Crippen LogP) is 4.47. The van der Waals surface area contributed by atoms with Crippen LogP contribution in [0.5, 0.6) is 11.5 Å². The number of carbonyl (C=O) groups is 2. The number of ether oxygens (including phenoxy) is 9. The third-order valence-corrected chi connectivity index (χ3v) is 14.8. The standard InChI is InChI=1S/C51H71N3O18S2/c1-33-31-50(3,4)53-43-37(33)29-39-42(35-9-7-8-10-36(35)49(57)58)40-30-38-34(2)32-51(5,6)54-44(38)48(74(61,62)63)46(40)72-45(39)47(43)73(59,60)52-12-14-65-16-18-67-20-22-69-24-26-71-28-27-70-25-23-68-21-19-66-17-15-64-13-11-41(55)56/h7-10,29-30,33-34,52,54H,11-28,31-32H2,1-6H3,(H,55,56)(H,57,58)(H,61,62,63). The number of nitrogens with zero attached hydrogens (tertiary/aromatic N) is 1. The Bertz CT molecular complexity index is 2800. The molecule has 6 rings (SSSR count). The van der Waals surface area contributed by atoms with Crippen LogP contribution >= 0.6 is 0 Å². The molecule has 21 nitrogen and oxygen atoms in total. The maximum Gasteiger partial charge on any atom is 0.336 e. The van der Waals surface area contributed by atoms with E-state index in [1.54, 1.807) is 30.3 Å². The maximum absolute atomic E-state index is 14.9. The molecule has 0 amide bonds. The third-order valence-electron chi connectivity index (χ3n) is 12.4. The number of rotatable bonds is 32. The van der Waals surface area contributed by atoms with Gasteiger partial charge in [0.05, 0.1) is 134 Å².